The van der Waals surface area contributed by atoms with E-state index < -0.39 is 17.6 Å². The van der Waals surface area contributed by atoms with Crippen LogP contribution >= 0.6 is 0 Å². The molecule has 2 aliphatic heterocycles. The smallest absolute Gasteiger partial charge is 0.338 e. The SMILES string of the molecule is CC(C)NC(=O)c1c[nH]c2ncnc(Nc3cc4c(cc3F)CN=C4)c12.O=C(O)c1c[nH]c2ncnc(Nc3cc4c(cc3F)CN=C4)c12. The van der Waals surface area contributed by atoms with E-state index in [-0.39, 0.29) is 34.7 Å². The highest BCUT2D eigenvalue weighted by molar-refractivity contribution is 6.10. The third-order valence-electron chi connectivity index (χ3n) is 7.78. The normalized spacial score (nSPS) is 12.6. The molecule has 0 fully saturated rings. The number of carboxylic acids is 1. The summed E-state index contributed by atoms with van der Waals surface area (Å²) in [6.45, 7) is 4.71. The summed E-state index contributed by atoms with van der Waals surface area (Å²) in [5.41, 5.74) is 5.11. The van der Waals surface area contributed by atoms with Crippen molar-refractivity contribution in [2.75, 3.05) is 10.6 Å². The molecule has 0 atom stereocenters. The molecule has 0 spiro atoms. The van der Waals surface area contributed by atoms with Gasteiger partial charge in [0.1, 0.15) is 47.2 Å². The van der Waals surface area contributed by atoms with E-state index in [1.807, 2.05) is 13.8 Å². The number of carbonyl (C=O) groups excluding carboxylic acids is 1. The number of carboxylic acid groups (broad SMARTS) is 1. The van der Waals surface area contributed by atoms with Gasteiger partial charge in [-0.15, -0.1) is 0 Å². The summed E-state index contributed by atoms with van der Waals surface area (Å²) < 4.78 is 28.7. The molecule has 2 aromatic carbocycles. The van der Waals surface area contributed by atoms with Crippen molar-refractivity contribution in [2.45, 2.75) is 33.0 Å². The Balaban J connectivity index is 0.000000155. The number of hydrogen-bond acceptors (Lipinski definition) is 10. The van der Waals surface area contributed by atoms with Crippen LogP contribution in [0.15, 0.2) is 59.3 Å². The Hall–Kier alpha value is -6.58. The van der Waals surface area contributed by atoms with Gasteiger partial charge in [-0.1, -0.05) is 0 Å². The zero-order valence-electron chi connectivity index (χ0n) is 26.0. The molecular formula is C33H27F2N11O3. The number of hydrogen-bond donors (Lipinski definition) is 6. The fourth-order valence-electron chi connectivity index (χ4n) is 5.51. The molecule has 246 valence electrons. The van der Waals surface area contributed by atoms with Crippen molar-refractivity contribution in [3.8, 4) is 0 Å². The molecular weight excluding hydrogens is 636 g/mol. The predicted molar refractivity (Wildman–Crippen MR) is 179 cm³/mol. The van der Waals surface area contributed by atoms with Crippen LogP contribution in [0, 0.1) is 11.6 Å². The third-order valence-corrected chi connectivity index (χ3v) is 7.78. The Kier molecular flexibility index (Phi) is 7.95. The number of rotatable bonds is 7. The number of aromatic nitrogens is 6. The van der Waals surface area contributed by atoms with Crippen molar-refractivity contribution in [1.82, 2.24) is 35.2 Å². The Morgan fingerprint density at radius 3 is 1.73 bits per heavy atom. The van der Waals surface area contributed by atoms with Gasteiger partial charge in [-0.05, 0) is 60.4 Å². The maximum absolute atomic E-state index is 14.4. The van der Waals surface area contributed by atoms with Gasteiger partial charge in [0.05, 0.1) is 46.4 Å². The van der Waals surface area contributed by atoms with Crippen LogP contribution in [0.25, 0.3) is 22.1 Å². The molecule has 6 aromatic rings. The molecule has 6 heterocycles. The number of nitrogens with zero attached hydrogens (tertiary/aromatic N) is 6. The largest absolute Gasteiger partial charge is 0.478 e. The van der Waals surface area contributed by atoms with E-state index in [0.29, 0.717) is 46.5 Å². The summed E-state index contributed by atoms with van der Waals surface area (Å²) in [4.78, 5) is 54.1. The van der Waals surface area contributed by atoms with Crippen LogP contribution in [0.1, 0.15) is 56.8 Å². The molecule has 0 saturated heterocycles. The lowest BCUT2D eigenvalue weighted by Crippen LogP contribution is -2.30. The molecule has 49 heavy (non-hydrogen) atoms. The first-order valence-electron chi connectivity index (χ1n) is 15.0. The average molecular weight is 664 g/mol. The van der Waals surface area contributed by atoms with Crippen LogP contribution in [-0.4, -0.2) is 65.4 Å². The van der Waals surface area contributed by atoms with Crippen LogP contribution in [0.4, 0.5) is 31.8 Å². The zero-order valence-corrected chi connectivity index (χ0v) is 26.0. The predicted octanol–water partition coefficient (Wildman–Crippen LogP) is 5.38. The minimum absolute atomic E-state index is 0.0121. The maximum Gasteiger partial charge on any atom is 0.338 e. The molecule has 4 aromatic heterocycles. The number of aliphatic imine (C=N–C) groups is 2. The van der Waals surface area contributed by atoms with E-state index in [0.717, 1.165) is 22.3 Å². The fraction of sp³-hybridized carbons (Fsp3) is 0.152. The molecule has 0 bridgehead atoms. The first-order chi connectivity index (χ1) is 23.7. The van der Waals surface area contributed by atoms with Gasteiger partial charge in [0.2, 0.25) is 0 Å². The van der Waals surface area contributed by atoms with Crippen LogP contribution in [0.2, 0.25) is 0 Å². The Labute approximate surface area is 275 Å². The molecule has 0 unspecified atom stereocenters. The summed E-state index contributed by atoms with van der Waals surface area (Å²) in [5, 5.41) is 18.7. The first kappa shape index (κ1) is 31.0. The topological polar surface area (TPSA) is 198 Å². The molecule has 14 nitrogen and oxygen atoms in total. The van der Waals surface area contributed by atoms with Crippen molar-refractivity contribution in [3.63, 3.8) is 0 Å². The lowest BCUT2D eigenvalue weighted by atomic mass is 10.1. The second-order valence-corrected chi connectivity index (χ2v) is 11.5. The van der Waals surface area contributed by atoms with Gasteiger partial charge in [-0.2, -0.15) is 0 Å². The highest BCUT2D eigenvalue weighted by Crippen LogP contribution is 2.31. The van der Waals surface area contributed by atoms with Crippen molar-refractivity contribution in [3.05, 3.63) is 94.3 Å². The molecule has 8 rings (SSSR count). The summed E-state index contributed by atoms with van der Waals surface area (Å²) >= 11 is 0. The number of aromatic amines is 2. The minimum Gasteiger partial charge on any atom is -0.478 e. The number of nitrogens with one attached hydrogen (secondary N) is 5. The zero-order chi connectivity index (χ0) is 34.2. The summed E-state index contributed by atoms with van der Waals surface area (Å²) in [6, 6.07) is 6.18. The Bertz CT molecular complexity index is 2350. The monoisotopic (exact) mass is 663 g/mol. The number of carbonyl (C=O) groups is 2. The molecule has 1 amide bonds. The van der Waals surface area contributed by atoms with E-state index in [4.69, 9.17) is 0 Å². The highest BCUT2D eigenvalue weighted by atomic mass is 19.1. The van der Waals surface area contributed by atoms with E-state index in [1.165, 1.54) is 31.0 Å². The maximum atomic E-state index is 14.4. The molecule has 0 saturated carbocycles. The average Bonchev–Trinajstić information content (AvgIpc) is 3.88. The molecule has 0 radical (unpaired) electrons. The van der Waals surface area contributed by atoms with Gasteiger partial charge in [-0.3, -0.25) is 14.8 Å². The van der Waals surface area contributed by atoms with Crippen molar-refractivity contribution in [2.24, 2.45) is 9.98 Å². The van der Waals surface area contributed by atoms with Gasteiger partial charge in [0.15, 0.2) is 0 Å². The number of halogens is 2. The summed E-state index contributed by atoms with van der Waals surface area (Å²) in [7, 11) is 0. The second-order valence-electron chi connectivity index (χ2n) is 11.5. The second kappa shape index (κ2) is 12.6. The van der Waals surface area contributed by atoms with Gasteiger partial charge in [0, 0.05) is 30.9 Å². The van der Waals surface area contributed by atoms with E-state index in [1.54, 1.807) is 30.8 Å². The van der Waals surface area contributed by atoms with Crippen LogP contribution in [0.5, 0.6) is 0 Å². The lowest BCUT2D eigenvalue weighted by Gasteiger charge is -2.11. The molecule has 2 aliphatic rings. The molecule has 6 N–H and O–H groups in total. The summed E-state index contributed by atoms with van der Waals surface area (Å²) in [5.74, 6) is -1.62. The van der Waals surface area contributed by atoms with E-state index in [9.17, 15) is 23.5 Å². The lowest BCUT2D eigenvalue weighted by molar-refractivity contribution is 0.0698. The van der Waals surface area contributed by atoms with Gasteiger partial charge in [0.25, 0.3) is 5.91 Å². The van der Waals surface area contributed by atoms with Crippen molar-refractivity contribution >= 4 is 69.4 Å². The Morgan fingerprint density at radius 2 is 1.24 bits per heavy atom. The molecule has 16 heteroatoms. The number of H-pyrrole nitrogens is 2. The third kappa shape index (κ3) is 6.02. The fourth-order valence-corrected chi connectivity index (χ4v) is 5.51. The van der Waals surface area contributed by atoms with E-state index in [2.05, 4.69) is 55.8 Å². The summed E-state index contributed by atoms with van der Waals surface area (Å²) in [6.07, 6.45) is 8.94. The van der Waals surface area contributed by atoms with E-state index >= 15 is 0 Å². The van der Waals surface area contributed by atoms with Crippen LogP contribution < -0.4 is 16.0 Å². The first-order valence-corrected chi connectivity index (χ1v) is 15.0. The van der Waals surface area contributed by atoms with Gasteiger partial charge in [-0.25, -0.2) is 33.5 Å². The standard InChI is InChI=1S/C18H17FN6O.C15H10FN5O2/c1-9(2)24-18(26)12-7-21-16-15(12)17(23-8-22-16)25-14-4-11-6-20-5-10(11)3-13(14)19;16-10-1-7-3-17-4-8(7)2-11(10)21-14-12-9(15(22)23)5-18-13(12)19-6-20-14/h3-4,6-9H,5H2,1-2H3,(H,24,26)(H2,21,22,23,25);1-2,4-6H,3H2,(H,22,23)(H2,18,19,20,21). The number of amides is 1. The Morgan fingerprint density at radius 1 is 0.755 bits per heavy atom. The molecule has 0 aliphatic carbocycles. The number of aromatic carboxylic acids is 1. The number of anilines is 4. The van der Waals surface area contributed by atoms with Crippen LogP contribution in [0.3, 0.4) is 0 Å². The van der Waals surface area contributed by atoms with Gasteiger partial charge >= 0.3 is 5.97 Å². The minimum atomic E-state index is -1.12. The number of fused-ring (bicyclic) bond motifs is 4. The highest BCUT2D eigenvalue weighted by Gasteiger charge is 2.21. The van der Waals surface area contributed by atoms with Crippen molar-refractivity contribution in [1.29, 1.82) is 0 Å². The van der Waals surface area contributed by atoms with Crippen molar-refractivity contribution < 1.29 is 23.5 Å². The number of benzene rings is 2. The quantitative estimate of drug-likeness (QED) is 0.130. The van der Waals surface area contributed by atoms with Gasteiger partial charge < -0.3 is 31.0 Å². The van der Waals surface area contributed by atoms with Crippen LogP contribution in [-0.2, 0) is 13.1 Å².